The number of urea groups is 1. The Labute approximate surface area is 193 Å². The lowest BCUT2D eigenvalue weighted by Crippen LogP contribution is -2.59. The number of morpholine rings is 1. The van der Waals surface area contributed by atoms with E-state index in [1.54, 1.807) is 0 Å². The zero-order valence-electron chi connectivity index (χ0n) is 20.4. The molecule has 32 heavy (non-hydrogen) atoms. The average Bonchev–Trinajstić information content (AvgIpc) is 2.76. The zero-order chi connectivity index (χ0) is 23.3. The molecule has 0 aromatic heterocycles. The second-order valence-corrected chi connectivity index (χ2v) is 10.4. The van der Waals surface area contributed by atoms with Gasteiger partial charge in [0.05, 0.1) is 19.3 Å². The fourth-order valence-electron chi connectivity index (χ4n) is 6.39. The van der Waals surface area contributed by atoms with Crippen molar-refractivity contribution in [3.05, 3.63) is 0 Å². The molecule has 7 unspecified atom stereocenters. The van der Waals surface area contributed by atoms with E-state index in [-0.39, 0.29) is 47.1 Å². The van der Waals surface area contributed by atoms with Gasteiger partial charge in [-0.15, -0.1) is 0 Å². The Morgan fingerprint density at radius 3 is 2.56 bits per heavy atom. The molecule has 0 aromatic rings. The third-order valence-electron chi connectivity index (χ3n) is 8.43. The smallest absolute Gasteiger partial charge is 0.315 e. The van der Waals surface area contributed by atoms with Crippen molar-refractivity contribution in [3.8, 4) is 0 Å². The minimum absolute atomic E-state index is 0.0337. The van der Waals surface area contributed by atoms with Gasteiger partial charge in [0.2, 0.25) is 5.91 Å². The van der Waals surface area contributed by atoms with Crippen LogP contribution in [0.15, 0.2) is 0 Å². The largest absolute Gasteiger partial charge is 0.392 e. The molecule has 8 nitrogen and oxygen atoms in total. The topological polar surface area (TPSA) is 103 Å². The number of hydrogen-bond donors (Lipinski definition) is 4. The fraction of sp³-hybridized carbons (Fsp3) is 0.917. The Morgan fingerprint density at radius 2 is 1.88 bits per heavy atom. The minimum atomic E-state index is -0.539. The molecular formula is C24H44N4O4. The standard InChI is InChI=1S/C24H44N4O4/c1-5-25-23(31)27-19-7-9-24(4)8-6-18(21(29)20(24)17(19)3)16(2)22(30)26-10-11-28-12-14-32-15-13-28/h16-21,29H,5-15H2,1-4H3,(H,26,30)(H2,25,27,31). The van der Waals surface area contributed by atoms with Gasteiger partial charge in [-0.3, -0.25) is 9.69 Å². The number of fused-ring (bicyclic) bond motifs is 1. The van der Waals surface area contributed by atoms with Gasteiger partial charge in [0.15, 0.2) is 0 Å². The summed E-state index contributed by atoms with van der Waals surface area (Å²) in [5, 5.41) is 20.5. The van der Waals surface area contributed by atoms with Crippen LogP contribution in [0.25, 0.3) is 0 Å². The lowest BCUT2D eigenvalue weighted by Gasteiger charge is -2.56. The quantitative estimate of drug-likeness (QED) is 0.470. The van der Waals surface area contributed by atoms with Crippen LogP contribution in [0.3, 0.4) is 0 Å². The molecule has 0 radical (unpaired) electrons. The molecule has 7 atom stereocenters. The Balaban J connectivity index is 1.57. The first-order valence-electron chi connectivity index (χ1n) is 12.6. The summed E-state index contributed by atoms with van der Waals surface area (Å²) < 4.78 is 5.37. The number of amides is 3. The second kappa shape index (κ2) is 11.2. The molecule has 1 saturated heterocycles. The third kappa shape index (κ3) is 5.75. The first-order chi connectivity index (χ1) is 15.3. The van der Waals surface area contributed by atoms with Crippen LogP contribution in [-0.2, 0) is 9.53 Å². The molecule has 0 aromatic carbocycles. The van der Waals surface area contributed by atoms with Crippen molar-refractivity contribution < 1.29 is 19.4 Å². The Kier molecular flexibility index (Phi) is 8.81. The molecule has 1 heterocycles. The van der Waals surface area contributed by atoms with Crippen molar-refractivity contribution in [1.29, 1.82) is 0 Å². The molecular weight excluding hydrogens is 408 g/mol. The Hall–Kier alpha value is -1.38. The van der Waals surface area contributed by atoms with Crippen LogP contribution < -0.4 is 16.0 Å². The number of carbonyl (C=O) groups is 2. The predicted octanol–water partition coefficient (Wildman–Crippen LogP) is 1.58. The number of hydrogen-bond acceptors (Lipinski definition) is 5. The molecule has 0 bridgehead atoms. The first kappa shape index (κ1) is 25.2. The number of ether oxygens (including phenoxy) is 1. The van der Waals surface area contributed by atoms with Crippen LogP contribution in [0.2, 0.25) is 0 Å². The second-order valence-electron chi connectivity index (χ2n) is 10.4. The summed E-state index contributed by atoms with van der Waals surface area (Å²) in [6.45, 7) is 13.7. The van der Waals surface area contributed by atoms with Crippen molar-refractivity contribution in [2.24, 2.45) is 29.1 Å². The Bertz CT molecular complexity index is 641. The van der Waals surface area contributed by atoms with E-state index in [1.165, 1.54) is 0 Å². The highest BCUT2D eigenvalue weighted by molar-refractivity contribution is 5.78. The van der Waals surface area contributed by atoms with E-state index in [4.69, 9.17) is 4.74 Å². The van der Waals surface area contributed by atoms with Gasteiger partial charge in [-0.1, -0.05) is 20.8 Å². The molecule has 1 aliphatic heterocycles. The molecule has 3 amide bonds. The van der Waals surface area contributed by atoms with E-state index < -0.39 is 6.10 Å². The SMILES string of the molecule is CCNC(=O)NC1CCC2(C)CCC(C(C)C(=O)NCCN3CCOCC3)C(O)C2C1C. The van der Waals surface area contributed by atoms with Crippen molar-refractivity contribution in [2.75, 3.05) is 45.9 Å². The fourth-order valence-corrected chi connectivity index (χ4v) is 6.39. The molecule has 4 N–H and O–H groups in total. The molecule has 184 valence electrons. The predicted molar refractivity (Wildman–Crippen MR) is 124 cm³/mol. The number of aliphatic hydroxyl groups excluding tert-OH is 1. The van der Waals surface area contributed by atoms with Crippen LogP contribution in [0.1, 0.15) is 53.4 Å². The van der Waals surface area contributed by atoms with Gasteiger partial charge < -0.3 is 25.8 Å². The molecule has 0 spiro atoms. The van der Waals surface area contributed by atoms with Crippen molar-refractivity contribution in [1.82, 2.24) is 20.9 Å². The third-order valence-corrected chi connectivity index (χ3v) is 8.43. The van der Waals surface area contributed by atoms with Gasteiger partial charge in [-0.25, -0.2) is 4.79 Å². The van der Waals surface area contributed by atoms with E-state index in [0.29, 0.717) is 13.1 Å². The Morgan fingerprint density at radius 1 is 1.19 bits per heavy atom. The van der Waals surface area contributed by atoms with Gasteiger partial charge in [-0.2, -0.15) is 0 Å². The van der Waals surface area contributed by atoms with Crippen molar-refractivity contribution >= 4 is 11.9 Å². The average molecular weight is 453 g/mol. The zero-order valence-corrected chi connectivity index (χ0v) is 20.4. The number of rotatable bonds is 7. The highest BCUT2D eigenvalue weighted by Crippen LogP contribution is 2.55. The van der Waals surface area contributed by atoms with Gasteiger partial charge in [0.25, 0.3) is 0 Å². The number of aliphatic hydroxyl groups is 1. The maximum absolute atomic E-state index is 12.9. The maximum Gasteiger partial charge on any atom is 0.315 e. The van der Waals surface area contributed by atoms with Crippen LogP contribution in [0.5, 0.6) is 0 Å². The maximum atomic E-state index is 12.9. The number of nitrogens with one attached hydrogen (secondary N) is 3. The molecule has 2 aliphatic carbocycles. The minimum Gasteiger partial charge on any atom is -0.392 e. The number of carbonyl (C=O) groups excluding carboxylic acids is 2. The normalized spacial score (nSPS) is 36.6. The lowest BCUT2D eigenvalue weighted by molar-refractivity contribution is -0.141. The van der Waals surface area contributed by atoms with Crippen LogP contribution in [-0.4, -0.2) is 80.0 Å². The van der Waals surface area contributed by atoms with Crippen LogP contribution >= 0.6 is 0 Å². The summed E-state index contributed by atoms with van der Waals surface area (Å²) in [6.07, 6.45) is 3.27. The van der Waals surface area contributed by atoms with E-state index in [2.05, 4.69) is 34.7 Å². The van der Waals surface area contributed by atoms with E-state index in [1.807, 2.05) is 13.8 Å². The van der Waals surface area contributed by atoms with E-state index in [0.717, 1.165) is 58.5 Å². The highest BCUT2D eigenvalue weighted by atomic mass is 16.5. The van der Waals surface area contributed by atoms with Gasteiger partial charge in [-0.05, 0) is 55.8 Å². The first-order valence-corrected chi connectivity index (χ1v) is 12.6. The summed E-state index contributed by atoms with van der Waals surface area (Å²) in [7, 11) is 0. The van der Waals surface area contributed by atoms with Gasteiger partial charge in [0, 0.05) is 44.7 Å². The summed E-state index contributed by atoms with van der Waals surface area (Å²) >= 11 is 0. The van der Waals surface area contributed by atoms with E-state index in [9.17, 15) is 14.7 Å². The summed E-state index contributed by atoms with van der Waals surface area (Å²) in [5.74, 6) is -0.0204. The molecule has 3 fully saturated rings. The molecule has 3 aliphatic rings. The number of nitrogens with zero attached hydrogens (tertiary/aromatic N) is 1. The van der Waals surface area contributed by atoms with Crippen LogP contribution in [0.4, 0.5) is 4.79 Å². The highest BCUT2D eigenvalue weighted by Gasteiger charge is 2.53. The van der Waals surface area contributed by atoms with Gasteiger partial charge in [0.1, 0.15) is 0 Å². The molecule has 2 saturated carbocycles. The van der Waals surface area contributed by atoms with Gasteiger partial charge >= 0.3 is 6.03 Å². The van der Waals surface area contributed by atoms with Crippen LogP contribution in [0, 0.1) is 29.1 Å². The lowest BCUT2D eigenvalue weighted by atomic mass is 9.52. The summed E-state index contributed by atoms with van der Waals surface area (Å²) in [6, 6.07) is -0.0894. The van der Waals surface area contributed by atoms with Crippen molar-refractivity contribution in [2.45, 2.75) is 65.5 Å². The van der Waals surface area contributed by atoms with Crippen molar-refractivity contribution in [3.63, 3.8) is 0 Å². The summed E-state index contributed by atoms with van der Waals surface area (Å²) in [5.41, 5.74) is 0.0568. The molecule has 3 rings (SSSR count). The molecule has 8 heteroatoms. The summed E-state index contributed by atoms with van der Waals surface area (Å²) in [4.78, 5) is 27.3. The monoisotopic (exact) mass is 452 g/mol. The van der Waals surface area contributed by atoms with E-state index >= 15 is 0 Å².